The summed E-state index contributed by atoms with van der Waals surface area (Å²) in [6.45, 7) is -2.86. The van der Waals surface area contributed by atoms with Crippen LogP contribution < -0.4 is 15.4 Å². The van der Waals surface area contributed by atoms with Gasteiger partial charge in [-0.25, -0.2) is 4.79 Å². The van der Waals surface area contributed by atoms with E-state index in [-0.39, 0.29) is 25.3 Å². The molecular formula is C13H15ClF2N2O4. The second kappa shape index (κ2) is 9.04. The largest absolute Gasteiger partial charge is 0.481 e. The Kier molecular flexibility index (Phi) is 7.38. The van der Waals surface area contributed by atoms with E-state index >= 15 is 0 Å². The number of carboxylic acids is 1. The number of carbonyl (C=O) groups is 2. The zero-order valence-electron chi connectivity index (χ0n) is 11.4. The molecule has 122 valence electrons. The fraction of sp³-hybridized carbons (Fsp3) is 0.385. The maximum atomic E-state index is 12.3. The first kappa shape index (κ1) is 18.0. The summed E-state index contributed by atoms with van der Waals surface area (Å²) in [5.74, 6) is -1.03. The molecule has 3 N–H and O–H groups in total. The van der Waals surface area contributed by atoms with E-state index in [1.165, 1.54) is 18.2 Å². The van der Waals surface area contributed by atoms with E-state index in [0.29, 0.717) is 17.0 Å². The van der Waals surface area contributed by atoms with Crippen molar-refractivity contribution in [2.24, 2.45) is 0 Å². The molecule has 1 aromatic rings. The minimum Gasteiger partial charge on any atom is -0.481 e. The van der Waals surface area contributed by atoms with Crippen LogP contribution in [0, 0.1) is 0 Å². The highest BCUT2D eigenvalue weighted by molar-refractivity contribution is 6.30. The van der Waals surface area contributed by atoms with Crippen LogP contribution in [0.1, 0.15) is 18.4 Å². The number of urea groups is 1. The minimum absolute atomic E-state index is 0.0546. The van der Waals surface area contributed by atoms with Crippen molar-refractivity contribution in [3.63, 3.8) is 0 Å². The average Bonchev–Trinajstić information content (AvgIpc) is 2.43. The molecule has 2 amide bonds. The van der Waals surface area contributed by atoms with Crippen LogP contribution in [0.4, 0.5) is 13.6 Å². The third-order valence-corrected chi connectivity index (χ3v) is 2.77. The molecule has 0 aromatic heterocycles. The van der Waals surface area contributed by atoms with Crippen LogP contribution in [0.25, 0.3) is 0 Å². The molecule has 0 radical (unpaired) electrons. The summed E-state index contributed by atoms with van der Waals surface area (Å²) < 4.78 is 28.9. The SMILES string of the molecule is O=C(O)CCCNC(=O)NCc1cc(Cl)ccc1OC(F)F. The van der Waals surface area contributed by atoms with Crippen LogP contribution in [-0.4, -0.2) is 30.3 Å². The number of benzene rings is 1. The van der Waals surface area contributed by atoms with Crippen molar-refractivity contribution in [2.75, 3.05) is 6.54 Å². The van der Waals surface area contributed by atoms with Crippen LogP contribution in [0.3, 0.4) is 0 Å². The fourth-order valence-electron chi connectivity index (χ4n) is 1.58. The van der Waals surface area contributed by atoms with Gasteiger partial charge in [-0.1, -0.05) is 11.6 Å². The molecule has 0 saturated heterocycles. The predicted octanol–water partition coefficient (Wildman–Crippen LogP) is 2.61. The fourth-order valence-corrected chi connectivity index (χ4v) is 1.77. The lowest BCUT2D eigenvalue weighted by atomic mass is 10.2. The van der Waals surface area contributed by atoms with Crippen molar-refractivity contribution in [1.82, 2.24) is 10.6 Å². The standard InChI is InChI=1S/C13H15ClF2N2O4/c14-9-3-4-10(22-12(15)16)8(6-9)7-18-13(21)17-5-1-2-11(19)20/h3-4,6,12H,1-2,5,7H2,(H,19,20)(H2,17,18,21). The Balaban J connectivity index is 2.47. The molecule has 0 aliphatic heterocycles. The zero-order valence-corrected chi connectivity index (χ0v) is 12.2. The van der Waals surface area contributed by atoms with Gasteiger partial charge in [0.05, 0.1) is 0 Å². The summed E-state index contributed by atoms with van der Waals surface area (Å²) in [7, 11) is 0. The molecule has 0 heterocycles. The van der Waals surface area contributed by atoms with E-state index < -0.39 is 18.6 Å². The molecule has 22 heavy (non-hydrogen) atoms. The van der Waals surface area contributed by atoms with Gasteiger partial charge in [-0.2, -0.15) is 8.78 Å². The normalized spacial score (nSPS) is 10.4. The number of nitrogens with one attached hydrogen (secondary N) is 2. The van der Waals surface area contributed by atoms with Gasteiger partial charge < -0.3 is 20.5 Å². The Morgan fingerprint density at radius 1 is 1.32 bits per heavy atom. The minimum atomic E-state index is -2.98. The molecule has 9 heteroatoms. The summed E-state index contributed by atoms with van der Waals surface area (Å²) >= 11 is 5.77. The molecule has 0 aliphatic rings. The topological polar surface area (TPSA) is 87.7 Å². The number of hydrogen-bond acceptors (Lipinski definition) is 3. The number of aliphatic carboxylic acids is 1. The van der Waals surface area contributed by atoms with Crippen molar-refractivity contribution in [1.29, 1.82) is 0 Å². The van der Waals surface area contributed by atoms with Gasteiger partial charge in [0.1, 0.15) is 5.75 Å². The number of carboxylic acid groups (broad SMARTS) is 1. The smallest absolute Gasteiger partial charge is 0.387 e. The first-order valence-electron chi connectivity index (χ1n) is 6.35. The first-order chi connectivity index (χ1) is 10.4. The third kappa shape index (κ3) is 7.07. The van der Waals surface area contributed by atoms with Crippen LogP contribution in [0.5, 0.6) is 5.75 Å². The Morgan fingerprint density at radius 3 is 2.68 bits per heavy atom. The summed E-state index contributed by atoms with van der Waals surface area (Å²) in [5, 5.41) is 13.7. The quantitative estimate of drug-likeness (QED) is 0.637. The maximum Gasteiger partial charge on any atom is 0.387 e. The van der Waals surface area contributed by atoms with Crippen LogP contribution >= 0.6 is 11.6 Å². The number of ether oxygens (including phenoxy) is 1. The number of rotatable bonds is 8. The molecule has 0 saturated carbocycles. The molecule has 0 aliphatic carbocycles. The molecule has 0 fully saturated rings. The van der Waals surface area contributed by atoms with E-state index in [1.54, 1.807) is 0 Å². The van der Waals surface area contributed by atoms with E-state index in [4.69, 9.17) is 16.7 Å². The Labute approximate surface area is 130 Å². The van der Waals surface area contributed by atoms with Gasteiger partial charge in [-0.15, -0.1) is 0 Å². The molecule has 0 atom stereocenters. The van der Waals surface area contributed by atoms with Gasteiger partial charge in [0, 0.05) is 30.1 Å². The summed E-state index contributed by atoms with van der Waals surface area (Å²) in [4.78, 5) is 21.8. The maximum absolute atomic E-state index is 12.3. The van der Waals surface area contributed by atoms with Crippen LogP contribution in [0.15, 0.2) is 18.2 Å². The lowest BCUT2D eigenvalue weighted by molar-refractivity contribution is -0.137. The number of carbonyl (C=O) groups excluding carboxylic acids is 1. The average molecular weight is 337 g/mol. The van der Waals surface area contributed by atoms with Gasteiger partial charge in [-0.3, -0.25) is 4.79 Å². The van der Waals surface area contributed by atoms with E-state index in [2.05, 4.69) is 15.4 Å². The third-order valence-electron chi connectivity index (χ3n) is 2.53. The second-order valence-electron chi connectivity index (χ2n) is 4.24. The van der Waals surface area contributed by atoms with Crippen LogP contribution in [0.2, 0.25) is 5.02 Å². The number of alkyl halides is 2. The lowest BCUT2D eigenvalue weighted by Gasteiger charge is -2.12. The van der Waals surface area contributed by atoms with E-state index in [1.807, 2.05) is 0 Å². The van der Waals surface area contributed by atoms with Gasteiger partial charge in [0.2, 0.25) is 0 Å². The van der Waals surface area contributed by atoms with Crippen LogP contribution in [-0.2, 0) is 11.3 Å². The van der Waals surface area contributed by atoms with Gasteiger partial charge >= 0.3 is 18.6 Å². The summed E-state index contributed by atoms with van der Waals surface area (Å²) in [6.07, 6.45) is 0.237. The highest BCUT2D eigenvalue weighted by atomic mass is 35.5. The van der Waals surface area contributed by atoms with Gasteiger partial charge in [-0.05, 0) is 24.6 Å². The predicted molar refractivity (Wildman–Crippen MR) is 75.2 cm³/mol. The van der Waals surface area contributed by atoms with Crippen molar-refractivity contribution < 1.29 is 28.2 Å². The second-order valence-corrected chi connectivity index (χ2v) is 4.67. The number of amides is 2. The molecule has 0 bridgehead atoms. The Bertz CT molecular complexity index is 529. The molecule has 0 spiro atoms. The Hall–Kier alpha value is -2.09. The Morgan fingerprint density at radius 2 is 2.05 bits per heavy atom. The molecule has 0 unspecified atom stereocenters. The van der Waals surface area contributed by atoms with Gasteiger partial charge in [0.15, 0.2) is 0 Å². The summed E-state index contributed by atoms with van der Waals surface area (Å²) in [6, 6.07) is 3.54. The highest BCUT2D eigenvalue weighted by Gasteiger charge is 2.11. The van der Waals surface area contributed by atoms with Gasteiger partial charge in [0.25, 0.3) is 0 Å². The first-order valence-corrected chi connectivity index (χ1v) is 6.73. The van der Waals surface area contributed by atoms with Crippen molar-refractivity contribution in [3.05, 3.63) is 28.8 Å². The van der Waals surface area contributed by atoms with Crippen molar-refractivity contribution in [3.8, 4) is 5.75 Å². The monoisotopic (exact) mass is 336 g/mol. The van der Waals surface area contributed by atoms with Crippen molar-refractivity contribution >= 4 is 23.6 Å². The molecule has 6 nitrogen and oxygen atoms in total. The molecule has 1 rings (SSSR count). The molecule has 1 aromatic carbocycles. The lowest BCUT2D eigenvalue weighted by Crippen LogP contribution is -2.35. The van der Waals surface area contributed by atoms with E-state index in [9.17, 15) is 18.4 Å². The van der Waals surface area contributed by atoms with Crippen molar-refractivity contribution in [2.45, 2.75) is 26.0 Å². The highest BCUT2D eigenvalue weighted by Crippen LogP contribution is 2.24. The van der Waals surface area contributed by atoms with E-state index in [0.717, 1.165) is 0 Å². The summed E-state index contributed by atoms with van der Waals surface area (Å²) in [5.41, 5.74) is 0.300. The molecular weight excluding hydrogens is 322 g/mol. The number of halogens is 3. The number of hydrogen-bond donors (Lipinski definition) is 3. The zero-order chi connectivity index (χ0) is 16.5.